The van der Waals surface area contributed by atoms with Crippen LogP contribution in [0.15, 0.2) is 18.3 Å². The minimum Gasteiger partial charge on any atom is -0.282 e. The molecule has 0 aliphatic rings. The van der Waals surface area contributed by atoms with Crippen molar-refractivity contribution in [2.75, 3.05) is 0 Å². The van der Waals surface area contributed by atoms with Crippen LogP contribution in [0.1, 0.15) is 25.1 Å². The van der Waals surface area contributed by atoms with E-state index in [0.29, 0.717) is 5.92 Å². The predicted molar refractivity (Wildman–Crippen MR) is 79.4 cm³/mol. The predicted octanol–water partition coefficient (Wildman–Crippen LogP) is 2.87. The van der Waals surface area contributed by atoms with Gasteiger partial charge < -0.3 is 0 Å². The van der Waals surface area contributed by atoms with Gasteiger partial charge in [-0.15, -0.1) is 0 Å². The molecule has 0 aliphatic carbocycles. The highest BCUT2D eigenvalue weighted by atomic mass is 15.3. The quantitative estimate of drug-likeness (QED) is 0.795. The summed E-state index contributed by atoms with van der Waals surface area (Å²) in [4.78, 5) is 4.65. The Morgan fingerprint density at radius 2 is 2.05 bits per heavy atom. The number of aromatic amines is 1. The lowest BCUT2D eigenvalue weighted by atomic mass is 10.1. The summed E-state index contributed by atoms with van der Waals surface area (Å²) in [6.07, 6.45) is 2.80. The van der Waals surface area contributed by atoms with Crippen molar-refractivity contribution >= 4 is 11.0 Å². The second-order valence-electron chi connectivity index (χ2n) is 5.70. The molecule has 0 unspecified atom stereocenters. The maximum absolute atomic E-state index is 4.65. The zero-order valence-corrected chi connectivity index (χ0v) is 12.3. The number of hydrogen-bond acceptors (Lipinski definition) is 3. The maximum atomic E-state index is 4.65. The van der Waals surface area contributed by atoms with Crippen LogP contribution in [0.25, 0.3) is 22.4 Å². The van der Waals surface area contributed by atoms with Crippen molar-refractivity contribution in [2.45, 2.75) is 27.2 Å². The third kappa shape index (κ3) is 2.19. The van der Waals surface area contributed by atoms with E-state index < -0.39 is 0 Å². The molecule has 0 atom stereocenters. The van der Waals surface area contributed by atoms with Crippen LogP contribution in [-0.4, -0.2) is 25.0 Å². The number of nitrogens with zero attached hydrogens (tertiary/aromatic N) is 4. The summed E-state index contributed by atoms with van der Waals surface area (Å²) >= 11 is 0. The minimum absolute atomic E-state index is 0.610. The highest BCUT2D eigenvalue weighted by Crippen LogP contribution is 2.23. The molecule has 0 aromatic carbocycles. The van der Waals surface area contributed by atoms with Gasteiger partial charge in [-0.3, -0.25) is 9.78 Å². The number of hydrogen-bond donors (Lipinski definition) is 1. The van der Waals surface area contributed by atoms with Crippen LogP contribution >= 0.6 is 0 Å². The van der Waals surface area contributed by atoms with Crippen molar-refractivity contribution in [3.63, 3.8) is 0 Å². The lowest BCUT2D eigenvalue weighted by Crippen LogP contribution is -1.93. The zero-order chi connectivity index (χ0) is 14.3. The van der Waals surface area contributed by atoms with Gasteiger partial charge in [0.2, 0.25) is 0 Å². The fraction of sp³-hybridized carbons (Fsp3) is 0.400. The largest absolute Gasteiger partial charge is 0.282 e. The molecule has 3 heterocycles. The Morgan fingerprint density at radius 3 is 2.80 bits per heavy atom. The molecule has 5 nitrogen and oxygen atoms in total. The monoisotopic (exact) mass is 269 g/mol. The van der Waals surface area contributed by atoms with Crippen molar-refractivity contribution in [3.8, 4) is 11.4 Å². The molecule has 3 rings (SSSR count). The first-order valence-electron chi connectivity index (χ1n) is 6.88. The van der Waals surface area contributed by atoms with Gasteiger partial charge in [-0.05, 0) is 37.0 Å². The Morgan fingerprint density at radius 1 is 1.25 bits per heavy atom. The average Bonchev–Trinajstić information content (AvgIpc) is 2.96. The van der Waals surface area contributed by atoms with Crippen molar-refractivity contribution in [1.29, 1.82) is 0 Å². The minimum atomic E-state index is 0.610. The summed E-state index contributed by atoms with van der Waals surface area (Å²) < 4.78 is 1.86. The molecule has 0 spiro atoms. The van der Waals surface area contributed by atoms with Crippen LogP contribution in [0.5, 0.6) is 0 Å². The van der Waals surface area contributed by atoms with E-state index >= 15 is 0 Å². The normalized spacial score (nSPS) is 11.7. The Kier molecular flexibility index (Phi) is 3.04. The highest BCUT2D eigenvalue weighted by Gasteiger charge is 2.11. The highest BCUT2D eigenvalue weighted by molar-refractivity contribution is 5.81. The van der Waals surface area contributed by atoms with Crippen LogP contribution in [0.3, 0.4) is 0 Å². The molecule has 0 bridgehead atoms. The molecule has 104 valence electrons. The fourth-order valence-corrected chi connectivity index (χ4v) is 2.57. The van der Waals surface area contributed by atoms with Crippen molar-refractivity contribution < 1.29 is 0 Å². The molecule has 0 amide bonds. The van der Waals surface area contributed by atoms with E-state index in [1.807, 2.05) is 11.7 Å². The smallest absolute Gasteiger partial charge is 0.111 e. The number of nitrogens with one attached hydrogen (secondary N) is 1. The van der Waals surface area contributed by atoms with Gasteiger partial charge >= 0.3 is 0 Å². The molecule has 0 saturated heterocycles. The number of fused-ring (bicyclic) bond motifs is 1. The molecular weight excluding hydrogens is 250 g/mol. The average molecular weight is 269 g/mol. The van der Waals surface area contributed by atoms with Gasteiger partial charge in [0.15, 0.2) is 0 Å². The molecule has 20 heavy (non-hydrogen) atoms. The molecule has 0 saturated carbocycles. The molecule has 3 aromatic rings. The van der Waals surface area contributed by atoms with Crippen molar-refractivity contribution in [1.82, 2.24) is 25.0 Å². The van der Waals surface area contributed by atoms with Crippen LogP contribution in [0.2, 0.25) is 0 Å². The van der Waals surface area contributed by atoms with Crippen LogP contribution in [0.4, 0.5) is 0 Å². The second kappa shape index (κ2) is 4.74. The number of rotatable bonds is 3. The number of H-pyrrole nitrogens is 1. The van der Waals surface area contributed by atoms with Crippen LogP contribution in [-0.2, 0) is 13.5 Å². The maximum Gasteiger partial charge on any atom is 0.111 e. The van der Waals surface area contributed by atoms with Gasteiger partial charge in [0.25, 0.3) is 0 Å². The first kappa shape index (κ1) is 12.8. The summed E-state index contributed by atoms with van der Waals surface area (Å²) in [7, 11) is 1.94. The van der Waals surface area contributed by atoms with E-state index in [-0.39, 0.29) is 0 Å². The lowest BCUT2D eigenvalue weighted by Gasteiger charge is -2.02. The van der Waals surface area contributed by atoms with E-state index in [9.17, 15) is 0 Å². The molecule has 0 fully saturated rings. The van der Waals surface area contributed by atoms with Gasteiger partial charge in [0, 0.05) is 12.7 Å². The Bertz CT molecular complexity index is 751. The Labute approximate surface area is 118 Å². The Hall–Kier alpha value is -2.17. The number of pyridine rings is 1. The van der Waals surface area contributed by atoms with Crippen molar-refractivity contribution in [3.05, 3.63) is 29.6 Å². The van der Waals surface area contributed by atoms with Crippen LogP contribution in [0, 0.1) is 12.8 Å². The van der Waals surface area contributed by atoms with Crippen molar-refractivity contribution in [2.24, 2.45) is 13.0 Å². The lowest BCUT2D eigenvalue weighted by molar-refractivity contribution is 0.633. The fourth-order valence-electron chi connectivity index (χ4n) is 2.57. The van der Waals surface area contributed by atoms with Gasteiger partial charge in [-0.25, -0.2) is 4.98 Å². The van der Waals surface area contributed by atoms with E-state index in [1.54, 1.807) is 6.20 Å². The van der Waals surface area contributed by atoms with E-state index in [1.165, 1.54) is 5.56 Å². The molecule has 3 aromatic heterocycles. The molecule has 5 heteroatoms. The summed E-state index contributed by atoms with van der Waals surface area (Å²) in [6.45, 7) is 6.48. The summed E-state index contributed by atoms with van der Waals surface area (Å²) in [5.74, 6) is 0.610. The van der Waals surface area contributed by atoms with E-state index in [4.69, 9.17) is 0 Å². The van der Waals surface area contributed by atoms with E-state index in [2.05, 4.69) is 53.2 Å². The molecular formula is C15H19N5. The first-order valence-corrected chi connectivity index (χ1v) is 6.88. The van der Waals surface area contributed by atoms with Gasteiger partial charge in [0.05, 0.1) is 17.4 Å². The summed E-state index contributed by atoms with van der Waals surface area (Å²) in [5, 5.41) is 11.7. The third-order valence-electron chi connectivity index (χ3n) is 3.41. The Balaban J connectivity index is 2.03. The standard InChI is InChI=1S/C15H19N5/c1-9(2)5-11-7-13(19-18-11)12-6-10(3)15-14(17-12)8-16-20(15)4/h6-9H,5H2,1-4H3,(H,18,19). The molecule has 0 aliphatic heterocycles. The molecule has 1 N–H and O–H groups in total. The third-order valence-corrected chi connectivity index (χ3v) is 3.41. The second-order valence-corrected chi connectivity index (χ2v) is 5.70. The van der Waals surface area contributed by atoms with E-state index in [0.717, 1.165) is 34.5 Å². The first-order chi connectivity index (χ1) is 9.54. The topological polar surface area (TPSA) is 59.4 Å². The van der Waals surface area contributed by atoms with Gasteiger partial charge in [-0.1, -0.05) is 13.8 Å². The van der Waals surface area contributed by atoms with Gasteiger partial charge in [-0.2, -0.15) is 10.2 Å². The summed E-state index contributed by atoms with van der Waals surface area (Å²) in [5.41, 5.74) is 6.10. The van der Waals surface area contributed by atoms with Crippen LogP contribution < -0.4 is 0 Å². The van der Waals surface area contributed by atoms with Gasteiger partial charge in [0.1, 0.15) is 11.2 Å². The molecule has 0 radical (unpaired) electrons. The number of aromatic nitrogens is 5. The number of aryl methyl sites for hydroxylation is 2. The SMILES string of the molecule is Cc1cc(-c2cc(CC(C)C)[nH]n2)nc2cnn(C)c12. The zero-order valence-electron chi connectivity index (χ0n) is 12.3. The summed E-state index contributed by atoms with van der Waals surface area (Å²) in [6, 6.07) is 4.16.